The molecule has 0 saturated heterocycles. The molecule has 104 valence electrons. The summed E-state index contributed by atoms with van der Waals surface area (Å²) in [7, 11) is 0. The van der Waals surface area contributed by atoms with E-state index >= 15 is 0 Å². The number of aromatic nitrogens is 1. The van der Waals surface area contributed by atoms with Crippen molar-refractivity contribution in [2.75, 3.05) is 0 Å². The van der Waals surface area contributed by atoms with Crippen LogP contribution in [0, 0.1) is 12.3 Å². The van der Waals surface area contributed by atoms with E-state index in [1.54, 1.807) is 0 Å². The van der Waals surface area contributed by atoms with Gasteiger partial charge in [0, 0.05) is 17.0 Å². The predicted octanol–water partition coefficient (Wildman–Crippen LogP) is 5.94. The predicted molar refractivity (Wildman–Crippen MR) is 82.4 cm³/mol. The fourth-order valence-electron chi connectivity index (χ4n) is 2.73. The Bertz CT molecular complexity index is 329. The van der Waals surface area contributed by atoms with E-state index in [0.717, 1.165) is 5.92 Å². The fourth-order valence-corrected chi connectivity index (χ4v) is 3.67. The molecule has 0 radical (unpaired) electrons. The van der Waals surface area contributed by atoms with Crippen LogP contribution in [0.5, 0.6) is 0 Å². The van der Waals surface area contributed by atoms with Crippen molar-refractivity contribution in [1.29, 1.82) is 0 Å². The summed E-state index contributed by atoms with van der Waals surface area (Å²) >= 11 is 1.90. The van der Waals surface area contributed by atoms with E-state index in [1.165, 1.54) is 48.4 Å². The summed E-state index contributed by atoms with van der Waals surface area (Å²) in [6.07, 6.45) is 10.2. The van der Waals surface area contributed by atoms with Gasteiger partial charge in [0.2, 0.25) is 0 Å². The molecule has 1 aliphatic carbocycles. The largest absolute Gasteiger partial charge is 0.249 e. The maximum atomic E-state index is 4.57. The molecule has 0 N–H and O–H groups in total. The van der Waals surface area contributed by atoms with Crippen LogP contribution in [0.15, 0.2) is 6.20 Å². The zero-order valence-electron chi connectivity index (χ0n) is 12.8. The third-order valence-electron chi connectivity index (χ3n) is 3.80. The second kappa shape index (κ2) is 7.28. The van der Waals surface area contributed by atoms with Gasteiger partial charge in [-0.1, -0.05) is 40.5 Å². The number of nitrogens with zero attached hydrogens (tertiary/aromatic N) is 1. The van der Waals surface area contributed by atoms with Crippen molar-refractivity contribution < 1.29 is 0 Å². The zero-order chi connectivity index (χ0) is 13.6. The van der Waals surface area contributed by atoms with Gasteiger partial charge >= 0.3 is 0 Å². The van der Waals surface area contributed by atoms with E-state index in [1.807, 2.05) is 31.4 Å². The number of aryl methyl sites for hydroxylation is 1. The van der Waals surface area contributed by atoms with Crippen LogP contribution in [-0.2, 0) is 0 Å². The number of hydrogen-bond donors (Lipinski definition) is 0. The monoisotopic (exact) mass is 267 g/mol. The van der Waals surface area contributed by atoms with Crippen LogP contribution in [0.25, 0.3) is 0 Å². The molecule has 0 atom stereocenters. The minimum absolute atomic E-state index is 0.573. The lowest BCUT2D eigenvalue weighted by Gasteiger charge is -2.29. The molecule has 0 aliphatic heterocycles. The summed E-state index contributed by atoms with van der Waals surface area (Å²) in [6, 6.07) is 0. The molecule has 0 unspecified atom stereocenters. The molecule has 0 aromatic carbocycles. The Morgan fingerprint density at radius 1 is 1.17 bits per heavy atom. The summed E-state index contributed by atoms with van der Waals surface area (Å²) in [5, 5.41) is 1.39. The summed E-state index contributed by atoms with van der Waals surface area (Å²) < 4.78 is 0. The van der Waals surface area contributed by atoms with Crippen molar-refractivity contribution >= 4 is 11.3 Å². The highest BCUT2D eigenvalue weighted by Gasteiger charge is 2.23. The molecule has 1 fully saturated rings. The van der Waals surface area contributed by atoms with Gasteiger partial charge in [-0.05, 0) is 38.0 Å². The Morgan fingerprint density at radius 2 is 1.72 bits per heavy atom. The summed E-state index contributed by atoms with van der Waals surface area (Å²) in [5.41, 5.74) is 0.573. The van der Waals surface area contributed by atoms with Gasteiger partial charge in [-0.3, -0.25) is 0 Å². The van der Waals surface area contributed by atoms with E-state index in [2.05, 4.69) is 25.8 Å². The molecule has 0 bridgehead atoms. The summed E-state index contributed by atoms with van der Waals surface area (Å²) in [6.45, 7) is 11.0. The van der Waals surface area contributed by atoms with Crippen molar-refractivity contribution in [3.8, 4) is 0 Å². The number of thiazole rings is 1. The number of hydrogen-bond acceptors (Lipinski definition) is 2. The van der Waals surface area contributed by atoms with Crippen LogP contribution >= 0.6 is 11.3 Å². The van der Waals surface area contributed by atoms with Gasteiger partial charge in [0.1, 0.15) is 0 Å². The Hall–Kier alpha value is -0.370. The molecule has 1 nitrogen and oxygen atoms in total. The second-order valence-electron chi connectivity index (χ2n) is 5.95. The molecule has 18 heavy (non-hydrogen) atoms. The van der Waals surface area contributed by atoms with Crippen LogP contribution < -0.4 is 0 Å². The summed E-state index contributed by atoms with van der Waals surface area (Å²) in [4.78, 5) is 5.93. The van der Waals surface area contributed by atoms with Crippen molar-refractivity contribution in [3.05, 3.63) is 16.1 Å². The van der Waals surface area contributed by atoms with Crippen molar-refractivity contribution in [2.45, 2.75) is 79.1 Å². The van der Waals surface area contributed by atoms with Crippen molar-refractivity contribution in [1.82, 2.24) is 4.98 Å². The first-order valence-corrected chi connectivity index (χ1v) is 8.31. The SMILES string of the molecule is CC.Cc1cnc(C2CCCC(C)(C)CCC2)s1. The lowest BCUT2D eigenvalue weighted by atomic mass is 9.77. The second-order valence-corrected chi connectivity index (χ2v) is 7.22. The highest BCUT2D eigenvalue weighted by Crippen LogP contribution is 2.38. The van der Waals surface area contributed by atoms with Crippen LogP contribution in [0.1, 0.15) is 82.0 Å². The quantitative estimate of drug-likeness (QED) is 0.613. The van der Waals surface area contributed by atoms with Crippen LogP contribution in [-0.4, -0.2) is 4.98 Å². The number of rotatable bonds is 1. The van der Waals surface area contributed by atoms with E-state index in [9.17, 15) is 0 Å². The molecule has 1 saturated carbocycles. The average Bonchev–Trinajstić information content (AvgIpc) is 2.73. The topological polar surface area (TPSA) is 12.9 Å². The van der Waals surface area contributed by atoms with Crippen molar-refractivity contribution in [2.24, 2.45) is 5.41 Å². The van der Waals surface area contributed by atoms with Gasteiger partial charge in [0.25, 0.3) is 0 Å². The lowest BCUT2D eigenvalue weighted by molar-refractivity contribution is 0.256. The third-order valence-corrected chi connectivity index (χ3v) is 4.88. The standard InChI is InChI=1S/C14H23NS.C2H6/c1-11-10-15-13(16-11)12-6-4-8-14(2,3)9-5-7-12;1-2/h10,12H,4-9H2,1-3H3;1-2H3. The highest BCUT2D eigenvalue weighted by atomic mass is 32.1. The van der Waals surface area contributed by atoms with E-state index < -0.39 is 0 Å². The smallest absolute Gasteiger partial charge is 0.0958 e. The molecule has 1 aromatic rings. The van der Waals surface area contributed by atoms with E-state index in [-0.39, 0.29) is 0 Å². The Kier molecular flexibility index (Phi) is 6.34. The molecule has 0 spiro atoms. The van der Waals surface area contributed by atoms with Gasteiger partial charge in [-0.15, -0.1) is 11.3 Å². The first-order chi connectivity index (χ1) is 8.57. The Morgan fingerprint density at radius 3 is 2.17 bits per heavy atom. The zero-order valence-corrected chi connectivity index (χ0v) is 13.6. The normalized spacial score (nSPS) is 20.5. The van der Waals surface area contributed by atoms with Gasteiger partial charge in [0.15, 0.2) is 0 Å². The molecule has 0 amide bonds. The Balaban J connectivity index is 0.000000771. The van der Waals surface area contributed by atoms with Crippen LogP contribution in [0.3, 0.4) is 0 Å². The summed E-state index contributed by atoms with van der Waals surface area (Å²) in [5.74, 6) is 0.745. The lowest BCUT2D eigenvalue weighted by Crippen LogP contribution is -2.15. The molecule has 1 aromatic heterocycles. The molecular formula is C16H29NS. The van der Waals surface area contributed by atoms with Crippen LogP contribution in [0.2, 0.25) is 0 Å². The third kappa shape index (κ3) is 4.72. The minimum atomic E-state index is 0.573. The van der Waals surface area contributed by atoms with Gasteiger partial charge in [-0.25, -0.2) is 4.98 Å². The molecule has 1 heterocycles. The molecule has 2 heteroatoms. The van der Waals surface area contributed by atoms with Gasteiger partial charge in [-0.2, -0.15) is 0 Å². The molecule has 2 rings (SSSR count). The molecular weight excluding hydrogens is 238 g/mol. The maximum absolute atomic E-state index is 4.57. The van der Waals surface area contributed by atoms with Gasteiger partial charge in [0.05, 0.1) is 5.01 Å². The Labute approximate surface area is 117 Å². The van der Waals surface area contributed by atoms with Crippen molar-refractivity contribution in [3.63, 3.8) is 0 Å². The first-order valence-electron chi connectivity index (χ1n) is 7.49. The average molecular weight is 267 g/mol. The van der Waals surface area contributed by atoms with E-state index in [4.69, 9.17) is 0 Å². The fraction of sp³-hybridized carbons (Fsp3) is 0.812. The van der Waals surface area contributed by atoms with E-state index in [0.29, 0.717) is 5.41 Å². The first kappa shape index (κ1) is 15.7. The highest BCUT2D eigenvalue weighted by molar-refractivity contribution is 7.11. The molecule has 1 aliphatic rings. The minimum Gasteiger partial charge on any atom is -0.249 e. The van der Waals surface area contributed by atoms with Crippen LogP contribution in [0.4, 0.5) is 0 Å². The maximum Gasteiger partial charge on any atom is 0.0958 e. The van der Waals surface area contributed by atoms with Gasteiger partial charge < -0.3 is 0 Å².